The molecule has 0 saturated carbocycles. The van der Waals surface area contributed by atoms with Gasteiger partial charge in [0.15, 0.2) is 0 Å². The number of ether oxygens (including phenoxy) is 2. The predicted octanol–water partition coefficient (Wildman–Crippen LogP) is 1.83. The molecule has 0 spiro atoms. The van der Waals surface area contributed by atoms with Gasteiger partial charge in [-0.15, -0.1) is 0 Å². The van der Waals surface area contributed by atoms with Gasteiger partial charge in [0.25, 0.3) is 0 Å². The highest BCUT2D eigenvalue weighted by atomic mass is 32.2. The standard InChI is InChI=1S/C13H25NO3S/c1-10(2)14-13(3,12(15)16-4)6-5-7-18-11-8-17-9-11/h10-11,14H,5-9H2,1-4H3. The smallest absolute Gasteiger partial charge is 0.325 e. The molecule has 18 heavy (non-hydrogen) atoms. The van der Waals surface area contributed by atoms with Gasteiger partial charge in [-0.1, -0.05) is 0 Å². The number of hydrogen-bond donors (Lipinski definition) is 1. The lowest BCUT2D eigenvalue weighted by atomic mass is 9.95. The van der Waals surface area contributed by atoms with Crippen LogP contribution in [-0.2, 0) is 14.3 Å². The van der Waals surface area contributed by atoms with E-state index in [1.54, 1.807) is 0 Å². The van der Waals surface area contributed by atoms with E-state index in [-0.39, 0.29) is 12.0 Å². The Labute approximate surface area is 114 Å². The van der Waals surface area contributed by atoms with E-state index >= 15 is 0 Å². The third-order valence-corrected chi connectivity index (χ3v) is 4.29. The van der Waals surface area contributed by atoms with Crippen LogP contribution in [0.5, 0.6) is 0 Å². The molecule has 1 saturated heterocycles. The van der Waals surface area contributed by atoms with Crippen LogP contribution in [0, 0.1) is 0 Å². The van der Waals surface area contributed by atoms with Crippen molar-refractivity contribution < 1.29 is 14.3 Å². The average Bonchev–Trinajstić information content (AvgIpc) is 2.24. The van der Waals surface area contributed by atoms with Crippen LogP contribution in [0.15, 0.2) is 0 Å². The fraction of sp³-hybridized carbons (Fsp3) is 0.923. The fourth-order valence-corrected chi connectivity index (χ4v) is 3.11. The van der Waals surface area contributed by atoms with Gasteiger partial charge in [-0.05, 0) is 39.4 Å². The fourth-order valence-electron chi connectivity index (χ4n) is 2.08. The first kappa shape index (κ1) is 15.8. The summed E-state index contributed by atoms with van der Waals surface area (Å²) in [6.07, 6.45) is 1.81. The molecule has 0 aromatic heterocycles. The minimum absolute atomic E-state index is 0.173. The molecular formula is C13H25NO3S. The Bertz CT molecular complexity index is 269. The highest BCUT2D eigenvalue weighted by Crippen LogP contribution is 2.23. The van der Waals surface area contributed by atoms with Gasteiger partial charge in [0, 0.05) is 6.04 Å². The number of thioether (sulfide) groups is 1. The van der Waals surface area contributed by atoms with Crippen LogP contribution < -0.4 is 5.32 Å². The summed E-state index contributed by atoms with van der Waals surface area (Å²) in [5, 5.41) is 3.97. The molecule has 0 radical (unpaired) electrons. The van der Waals surface area contributed by atoms with Gasteiger partial charge < -0.3 is 9.47 Å². The molecule has 1 aliphatic rings. The Kier molecular flexibility index (Phi) is 6.46. The SMILES string of the molecule is COC(=O)C(C)(CCCSC1COC1)NC(C)C. The molecular weight excluding hydrogens is 250 g/mol. The third kappa shape index (κ3) is 4.78. The maximum Gasteiger partial charge on any atom is 0.325 e. The van der Waals surface area contributed by atoms with E-state index in [1.165, 1.54) is 7.11 Å². The molecule has 106 valence electrons. The van der Waals surface area contributed by atoms with Crippen LogP contribution in [0.3, 0.4) is 0 Å². The normalized spacial score (nSPS) is 19.4. The van der Waals surface area contributed by atoms with E-state index in [0.717, 1.165) is 31.8 Å². The lowest BCUT2D eigenvalue weighted by Gasteiger charge is -2.31. The minimum Gasteiger partial charge on any atom is -0.468 e. The summed E-state index contributed by atoms with van der Waals surface area (Å²) in [4.78, 5) is 11.9. The lowest BCUT2D eigenvalue weighted by Crippen LogP contribution is -2.53. The van der Waals surface area contributed by atoms with Crippen LogP contribution in [0.2, 0.25) is 0 Å². The van der Waals surface area contributed by atoms with Crippen LogP contribution in [0.25, 0.3) is 0 Å². The van der Waals surface area contributed by atoms with Crippen molar-refractivity contribution in [3.63, 3.8) is 0 Å². The Morgan fingerprint density at radius 3 is 2.67 bits per heavy atom. The Morgan fingerprint density at radius 1 is 1.56 bits per heavy atom. The molecule has 1 N–H and O–H groups in total. The van der Waals surface area contributed by atoms with Crippen molar-refractivity contribution in [1.29, 1.82) is 0 Å². The Balaban J connectivity index is 2.32. The number of esters is 1. The quantitative estimate of drug-likeness (QED) is 0.541. The average molecular weight is 275 g/mol. The van der Waals surface area contributed by atoms with Crippen LogP contribution in [0.1, 0.15) is 33.6 Å². The largest absolute Gasteiger partial charge is 0.468 e. The Hall–Kier alpha value is -0.260. The number of carbonyl (C=O) groups is 1. The maximum atomic E-state index is 11.9. The van der Waals surface area contributed by atoms with Crippen LogP contribution in [-0.4, -0.2) is 48.9 Å². The molecule has 5 heteroatoms. The molecule has 4 nitrogen and oxygen atoms in total. The first-order valence-corrected chi connectivity index (χ1v) is 7.58. The van der Waals surface area contributed by atoms with Crippen LogP contribution in [0.4, 0.5) is 0 Å². The van der Waals surface area contributed by atoms with Gasteiger partial charge in [0.05, 0.1) is 25.6 Å². The third-order valence-electron chi connectivity index (χ3n) is 3.03. The summed E-state index contributed by atoms with van der Waals surface area (Å²) in [6.45, 7) is 7.77. The zero-order valence-electron chi connectivity index (χ0n) is 11.8. The van der Waals surface area contributed by atoms with E-state index in [4.69, 9.17) is 9.47 Å². The minimum atomic E-state index is -0.570. The highest BCUT2D eigenvalue weighted by molar-refractivity contribution is 8.00. The molecule has 0 bridgehead atoms. The Morgan fingerprint density at radius 2 is 2.22 bits per heavy atom. The van der Waals surface area contributed by atoms with Crippen molar-refractivity contribution in [2.75, 3.05) is 26.1 Å². The zero-order chi connectivity index (χ0) is 13.6. The van der Waals surface area contributed by atoms with Crippen molar-refractivity contribution in [1.82, 2.24) is 5.32 Å². The van der Waals surface area contributed by atoms with Gasteiger partial charge in [-0.2, -0.15) is 11.8 Å². The number of nitrogens with one attached hydrogen (secondary N) is 1. The van der Waals surface area contributed by atoms with E-state index < -0.39 is 5.54 Å². The molecule has 0 aliphatic carbocycles. The molecule has 1 aliphatic heterocycles. The summed E-state index contributed by atoms with van der Waals surface area (Å²) in [5.41, 5.74) is -0.570. The summed E-state index contributed by atoms with van der Waals surface area (Å²) in [6, 6.07) is 0.266. The zero-order valence-corrected chi connectivity index (χ0v) is 12.6. The number of rotatable bonds is 8. The summed E-state index contributed by atoms with van der Waals surface area (Å²) in [7, 11) is 1.45. The topological polar surface area (TPSA) is 47.6 Å². The number of methoxy groups -OCH3 is 1. The first-order chi connectivity index (χ1) is 8.48. The van der Waals surface area contributed by atoms with Crippen LogP contribution >= 0.6 is 11.8 Å². The van der Waals surface area contributed by atoms with Crippen molar-refractivity contribution in [2.24, 2.45) is 0 Å². The molecule has 1 rings (SSSR count). The number of carbonyl (C=O) groups excluding carboxylic acids is 1. The monoisotopic (exact) mass is 275 g/mol. The van der Waals surface area contributed by atoms with E-state index in [1.807, 2.05) is 32.5 Å². The van der Waals surface area contributed by atoms with E-state index in [9.17, 15) is 4.79 Å². The van der Waals surface area contributed by atoms with Gasteiger partial charge >= 0.3 is 5.97 Å². The van der Waals surface area contributed by atoms with Crippen molar-refractivity contribution in [3.8, 4) is 0 Å². The molecule has 0 amide bonds. The van der Waals surface area contributed by atoms with E-state index in [2.05, 4.69) is 5.32 Å². The highest BCUT2D eigenvalue weighted by Gasteiger charge is 2.34. The summed E-state index contributed by atoms with van der Waals surface area (Å²) < 4.78 is 10.0. The van der Waals surface area contributed by atoms with Gasteiger partial charge in [0.1, 0.15) is 5.54 Å². The molecule has 1 heterocycles. The van der Waals surface area contributed by atoms with Crippen molar-refractivity contribution >= 4 is 17.7 Å². The maximum absolute atomic E-state index is 11.9. The van der Waals surface area contributed by atoms with Gasteiger partial charge in [0.2, 0.25) is 0 Å². The molecule has 1 fully saturated rings. The molecule has 1 atom stereocenters. The van der Waals surface area contributed by atoms with Crippen molar-refractivity contribution in [2.45, 2.75) is 50.4 Å². The summed E-state index contributed by atoms with van der Waals surface area (Å²) >= 11 is 1.94. The van der Waals surface area contributed by atoms with Gasteiger partial charge in [-0.3, -0.25) is 10.1 Å². The molecule has 0 aromatic carbocycles. The molecule has 0 aromatic rings. The second kappa shape index (κ2) is 7.36. The predicted molar refractivity (Wildman–Crippen MR) is 75.0 cm³/mol. The first-order valence-electron chi connectivity index (χ1n) is 6.53. The summed E-state index contributed by atoms with van der Waals surface area (Å²) in [5.74, 6) is 0.897. The second-order valence-corrected chi connectivity index (χ2v) is 6.66. The number of hydrogen-bond acceptors (Lipinski definition) is 5. The molecule has 1 unspecified atom stereocenters. The second-order valence-electron chi connectivity index (χ2n) is 5.26. The van der Waals surface area contributed by atoms with E-state index in [0.29, 0.717) is 5.25 Å². The lowest BCUT2D eigenvalue weighted by molar-refractivity contribution is -0.148. The van der Waals surface area contributed by atoms with Gasteiger partial charge in [-0.25, -0.2) is 0 Å². The van der Waals surface area contributed by atoms with Crippen molar-refractivity contribution in [3.05, 3.63) is 0 Å².